The Morgan fingerprint density at radius 3 is 2.61 bits per heavy atom. The molecule has 23 heavy (non-hydrogen) atoms. The van der Waals surface area contributed by atoms with E-state index in [4.69, 9.17) is 11.6 Å². The largest absolute Gasteiger partial charge is 0.434 e. The lowest BCUT2D eigenvalue weighted by Gasteiger charge is -2.32. The van der Waals surface area contributed by atoms with Crippen LogP contribution >= 0.6 is 11.6 Å². The Morgan fingerprint density at radius 2 is 1.96 bits per heavy atom. The molecule has 1 aromatic rings. The van der Waals surface area contributed by atoms with Gasteiger partial charge in [0, 0.05) is 23.2 Å². The highest BCUT2D eigenvalue weighted by molar-refractivity contribution is 6.30. The van der Waals surface area contributed by atoms with Gasteiger partial charge in [-0.2, -0.15) is 8.78 Å². The average Bonchev–Trinajstić information content (AvgIpc) is 3.33. The Kier molecular flexibility index (Phi) is 5.72. The predicted molar refractivity (Wildman–Crippen MR) is 87.1 cm³/mol. The van der Waals surface area contributed by atoms with Crippen molar-refractivity contribution in [3.8, 4) is 5.75 Å². The van der Waals surface area contributed by atoms with Crippen molar-refractivity contribution in [2.24, 2.45) is 5.92 Å². The fraction of sp³-hybridized carbons (Fsp3) is 0.647. The zero-order valence-electron chi connectivity index (χ0n) is 13.1. The molecule has 1 heterocycles. The SMILES string of the molecule is FC(F)Oc1ccc(Cl)cc1CN1CCC(NCC2CC2)CC1. The zero-order chi connectivity index (χ0) is 16.2. The molecule has 0 bridgehead atoms. The Hall–Kier alpha value is -0.910. The first kappa shape index (κ1) is 16.9. The summed E-state index contributed by atoms with van der Waals surface area (Å²) in [5.74, 6) is 1.12. The molecule has 1 aliphatic carbocycles. The Bertz CT molecular complexity index is 517. The lowest BCUT2D eigenvalue weighted by Crippen LogP contribution is -2.42. The van der Waals surface area contributed by atoms with Crippen molar-refractivity contribution >= 4 is 11.6 Å². The second kappa shape index (κ2) is 7.77. The van der Waals surface area contributed by atoms with Crippen molar-refractivity contribution in [1.82, 2.24) is 10.2 Å². The van der Waals surface area contributed by atoms with Gasteiger partial charge in [0.05, 0.1) is 0 Å². The van der Waals surface area contributed by atoms with Gasteiger partial charge in [0.1, 0.15) is 5.75 Å². The van der Waals surface area contributed by atoms with E-state index in [0.29, 0.717) is 17.6 Å². The summed E-state index contributed by atoms with van der Waals surface area (Å²) in [5, 5.41) is 4.19. The summed E-state index contributed by atoms with van der Waals surface area (Å²) in [6.07, 6.45) is 4.93. The summed E-state index contributed by atoms with van der Waals surface area (Å²) < 4.78 is 29.6. The third-order valence-electron chi connectivity index (χ3n) is 4.61. The van der Waals surface area contributed by atoms with Crippen LogP contribution < -0.4 is 10.1 Å². The van der Waals surface area contributed by atoms with Crippen molar-refractivity contribution in [2.45, 2.75) is 44.9 Å². The number of alkyl halides is 2. The van der Waals surface area contributed by atoms with Gasteiger partial charge >= 0.3 is 6.61 Å². The van der Waals surface area contributed by atoms with Gasteiger partial charge in [-0.25, -0.2) is 0 Å². The molecule has 0 amide bonds. The van der Waals surface area contributed by atoms with Crippen LogP contribution in [-0.4, -0.2) is 37.2 Å². The van der Waals surface area contributed by atoms with Crippen molar-refractivity contribution in [3.05, 3.63) is 28.8 Å². The summed E-state index contributed by atoms with van der Waals surface area (Å²) in [6, 6.07) is 5.41. The van der Waals surface area contributed by atoms with Crippen molar-refractivity contribution in [1.29, 1.82) is 0 Å². The molecule has 0 unspecified atom stereocenters. The number of nitrogens with one attached hydrogen (secondary N) is 1. The van der Waals surface area contributed by atoms with E-state index < -0.39 is 6.61 Å². The fourth-order valence-electron chi connectivity index (χ4n) is 3.07. The second-order valence-corrected chi connectivity index (χ2v) is 6.97. The van der Waals surface area contributed by atoms with Crippen LogP contribution in [-0.2, 0) is 6.54 Å². The quantitative estimate of drug-likeness (QED) is 0.811. The van der Waals surface area contributed by atoms with Crippen molar-refractivity contribution in [3.63, 3.8) is 0 Å². The van der Waals surface area contributed by atoms with Gasteiger partial charge in [0.2, 0.25) is 0 Å². The van der Waals surface area contributed by atoms with Crippen LogP contribution in [0.15, 0.2) is 18.2 Å². The monoisotopic (exact) mass is 344 g/mol. The number of piperidine rings is 1. The molecule has 1 aliphatic heterocycles. The summed E-state index contributed by atoms with van der Waals surface area (Å²) in [6.45, 7) is 0.849. The van der Waals surface area contributed by atoms with Gasteiger partial charge in [0.25, 0.3) is 0 Å². The Labute approximate surface area is 140 Å². The maximum atomic E-state index is 12.5. The summed E-state index contributed by atoms with van der Waals surface area (Å²) in [5.41, 5.74) is 0.724. The van der Waals surface area contributed by atoms with E-state index in [0.717, 1.165) is 44.0 Å². The van der Waals surface area contributed by atoms with Gasteiger partial charge in [-0.3, -0.25) is 4.90 Å². The molecule has 128 valence electrons. The third kappa shape index (κ3) is 5.30. The lowest BCUT2D eigenvalue weighted by molar-refractivity contribution is -0.0508. The Balaban J connectivity index is 1.52. The van der Waals surface area contributed by atoms with E-state index in [1.165, 1.54) is 18.9 Å². The van der Waals surface area contributed by atoms with E-state index in [-0.39, 0.29) is 5.75 Å². The molecule has 3 nitrogen and oxygen atoms in total. The normalized spacial score (nSPS) is 20.2. The van der Waals surface area contributed by atoms with Crippen LogP contribution in [0.3, 0.4) is 0 Å². The van der Waals surface area contributed by atoms with Gasteiger partial charge < -0.3 is 10.1 Å². The molecule has 1 saturated carbocycles. The zero-order valence-corrected chi connectivity index (χ0v) is 13.9. The van der Waals surface area contributed by atoms with Gasteiger partial charge in [-0.1, -0.05) is 11.6 Å². The molecular weight excluding hydrogens is 322 g/mol. The molecule has 2 aliphatic rings. The topological polar surface area (TPSA) is 24.5 Å². The fourth-order valence-corrected chi connectivity index (χ4v) is 3.27. The van der Waals surface area contributed by atoms with Crippen LogP contribution in [0.25, 0.3) is 0 Å². The number of ether oxygens (including phenoxy) is 1. The highest BCUT2D eigenvalue weighted by Crippen LogP contribution is 2.29. The number of benzene rings is 1. The van der Waals surface area contributed by atoms with Crippen LogP contribution in [0.5, 0.6) is 5.75 Å². The van der Waals surface area contributed by atoms with Gasteiger partial charge in [-0.15, -0.1) is 0 Å². The molecule has 1 N–H and O–H groups in total. The molecule has 1 saturated heterocycles. The maximum Gasteiger partial charge on any atom is 0.387 e. The summed E-state index contributed by atoms with van der Waals surface area (Å²) >= 11 is 6.00. The number of likely N-dealkylation sites (tertiary alicyclic amines) is 1. The number of rotatable bonds is 7. The first-order valence-corrected chi connectivity index (χ1v) is 8.67. The van der Waals surface area contributed by atoms with E-state index in [1.54, 1.807) is 12.1 Å². The van der Waals surface area contributed by atoms with Crippen molar-refractivity contribution < 1.29 is 13.5 Å². The maximum absolute atomic E-state index is 12.5. The van der Waals surface area contributed by atoms with Gasteiger partial charge in [-0.05, 0) is 69.4 Å². The summed E-state index contributed by atoms with van der Waals surface area (Å²) in [4.78, 5) is 2.28. The molecule has 3 rings (SSSR count). The molecule has 0 atom stereocenters. The summed E-state index contributed by atoms with van der Waals surface area (Å²) in [7, 11) is 0. The average molecular weight is 345 g/mol. The number of halogens is 3. The molecule has 2 fully saturated rings. The van der Waals surface area contributed by atoms with E-state index in [2.05, 4.69) is 15.0 Å². The first-order chi connectivity index (χ1) is 11.1. The van der Waals surface area contributed by atoms with E-state index >= 15 is 0 Å². The van der Waals surface area contributed by atoms with Gasteiger partial charge in [0.15, 0.2) is 0 Å². The number of hydrogen-bond donors (Lipinski definition) is 1. The van der Waals surface area contributed by atoms with Crippen LogP contribution in [0.2, 0.25) is 5.02 Å². The van der Waals surface area contributed by atoms with Crippen LogP contribution in [0.1, 0.15) is 31.2 Å². The highest BCUT2D eigenvalue weighted by atomic mass is 35.5. The minimum absolute atomic E-state index is 0.221. The first-order valence-electron chi connectivity index (χ1n) is 8.29. The minimum atomic E-state index is -2.81. The van der Waals surface area contributed by atoms with Crippen molar-refractivity contribution in [2.75, 3.05) is 19.6 Å². The Morgan fingerprint density at radius 1 is 1.22 bits per heavy atom. The number of hydrogen-bond acceptors (Lipinski definition) is 3. The van der Waals surface area contributed by atoms with Crippen LogP contribution in [0, 0.1) is 5.92 Å². The smallest absolute Gasteiger partial charge is 0.387 e. The minimum Gasteiger partial charge on any atom is -0.434 e. The lowest BCUT2D eigenvalue weighted by atomic mass is 10.0. The van der Waals surface area contributed by atoms with Crippen LogP contribution in [0.4, 0.5) is 8.78 Å². The van der Waals surface area contributed by atoms with E-state index in [1.807, 2.05) is 0 Å². The molecule has 1 aromatic carbocycles. The molecule has 0 aromatic heterocycles. The second-order valence-electron chi connectivity index (χ2n) is 6.53. The standard InChI is InChI=1S/C17H23ClF2N2O/c18-14-3-4-16(23-17(19)20)13(9-14)11-22-7-5-15(6-8-22)21-10-12-1-2-12/h3-4,9,12,15,17,21H,1-2,5-8,10-11H2. The molecule has 0 spiro atoms. The number of nitrogens with zero attached hydrogens (tertiary/aromatic N) is 1. The molecular formula is C17H23ClF2N2O. The molecule has 6 heteroatoms. The third-order valence-corrected chi connectivity index (χ3v) is 4.85. The predicted octanol–water partition coefficient (Wildman–Crippen LogP) is 3.91. The molecule has 0 radical (unpaired) electrons. The highest BCUT2D eigenvalue weighted by Gasteiger charge is 2.24. The van der Waals surface area contributed by atoms with E-state index in [9.17, 15) is 8.78 Å².